The van der Waals surface area contributed by atoms with Crippen LogP contribution in [0.15, 0.2) is 200 Å². The molecule has 9 aromatic carbocycles. The number of hydrogen-bond acceptors (Lipinski definition) is 3. The summed E-state index contributed by atoms with van der Waals surface area (Å²) in [5, 5.41) is 7.75. The molecule has 3 heteroatoms. The van der Waals surface area contributed by atoms with Gasteiger partial charge in [0.25, 0.3) is 0 Å². The second kappa shape index (κ2) is 13.1. The lowest BCUT2D eigenvalue weighted by Crippen LogP contribution is -2.11. The van der Waals surface area contributed by atoms with Crippen molar-refractivity contribution in [3.8, 4) is 33.4 Å². The molecule has 0 aliphatic heterocycles. The van der Waals surface area contributed by atoms with E-state index >= 15 is 0 Å². The highest BCUT2D eigenvalue weighted by Gasteiger charge is 2.21. The third-order valence-electron chi connectivity index (χ3n) is 10.9. The van der Waals surface area contributed by atoms with Gasteiger partial charge >= 0.3 is 0 Å². The first-order valence-corrected chi connectivity index (χ1v) is 20.3. The second-order valence-electron chi connectivity index (χ2n) is 14.1. The summed E-state index contributed by atoms with van der Waals surface area (Å²) in [6.45, 7) is 0. The van der Waals surface area contributed by atoms with Gasteiger partial charge in [0.2, 0.25) is 0 Å². The molecule has 0 aliphatic rings. The molecule has 0 unspecified atom stereocenters. The zero-order chi connectivity index (χ0) is 36.3. The lowest BCUT2D eigenvalue weighted by Gasteiger charge is -2.28. The Morgan fingerprint density at radius 2 is 0.873 bits per heavy atom. The number of benzene rings is 9. The smallest absolute Gasteiger partial charge is 0.0640 e. The fourth-order valence-corrected chi connectivity index (χ4v) is 10.6. The van der Waals surface area contributed by atoms with E-state index in [4.69, 9.17) is 0 Å². The maximum Gasteiger partial charge on any atom is 0.0640 e. The molecule has 0 radical (unpaired) electrons. The molecule has 0 amide bonds. The average Bonchev–Trinajstić information content (AvgIpc) is 3.83. The first-order chi connectivity index (χ1) is 27.3. The van der Waals surface area contributed by atoms with Crippen LogP contribution in [-0.4, -0.2) is 0 Å². The van der Waals surface area contributed by atoms with Crippen LogP contribution in [0.25, 0.3) is 84.5 Å². The highest BCUT2D eigenvalue weighted by molar-refractivity contribution is 7.26. The Morgan fingerprint density at radius 1 is 0.309 bits per heavy atom. The van der Waals surface area contributed by atoms with Crippen LogP contribution in [0, 0.1) is 0 Å². The summed E-state index contributed by atoms with van der Waals surface area (Å²) in [5.74, 6) is 0. The van der Waals surface area contributed by atoms with Crippen LogP contribution in [0.1, 0.15) is 0 Å². The van der Waals surface area contributed by atoms with Gasteiger partial charge in [-0.15, -0.1) is 22.7 Å². The quantitative estimate of drug-likeness (QED) is 0.164. The highest BCUT2D eigenvalue weighted by Crippen LogP contribution is 2.48. The van der Waals surface area contributed by atoms with Crippen molar-refractivity contribution in [2.45, 2.75) is 0 Å². The van der Waals surface area contributed by atoms with E-state index < -0.39 is 0 Å². The summed E-state index contributed by atoms with van der Waals surface area (Å²) in [6, 6.07) is 73.4. The molecule has 0 spiro atoms. The molecule has 0 bridgehead atoms. The van der Waals surface area contributed by atoms with Gasteiger partial charge in [-0.25, -0.2) is 0 Å². The number of fused-ring (bicyclic) bond motifs is 7. The number of rotatable bonds is 6. The number of para-hydroxylation sites is 1. The van der Waals surface area contributed by atoms with E-state index in [2.05, 4.69) is 205 Å². The molecule has 0 aliphatic carbocycles. The number of nitrogens with zero attached hydrogens (tertiary/aromatic N) is 1. The minimum absolute atomic E-state index is 1.12. The van der Waals surface area contributed by atoms with Crippen molar-refractivity contribution < 1.29 is 0 Å². The fourth-order valence-electron chi connectivity index (χ4n) is 8.27. The van der Waals surface area contributed by atoms with Gasteiger partial charge in [-0.05, 0) is 87.1 Å². The molecule has 55 heavy (non-hydrogen) atoms. The molecule has 11 aromatic rings. The van der Waals surface area contributed by atoms with E-state index in [1.165, 1.54) is 90.2 Å². The third kappa shape index (κ3) is 5.43. The molecule has 0 saturated heterocycles. The Hall–Kier alpha value is -6.52. The van der Waals surface area contributed by atoms with Crippen molar-refractivity contribution in [3.05, 3.63) is 200 Å². The highest BCUT2D eigenvalue weighted by atomic mass is 32.1. The predicted molar refractivity (Wildman–Crippen MR) is 241 cm³/mol. The molecular formula is C52H33NS2. The Balaban J connectivity index is 1.08. The van der Waals surface area contributed by atoms with E-state index in [1.807, 2.05) is 22.7 Å². The molecule has 0 saturated carbocycles. The van der Waals surface area contributed by atoms with Crippen molar-refractivity contribution in [1.82, 2.24) is 0 Å². The molecule has 2 heterocycles. The minimum atomic E-state index is 1.12. The first kappa shape index (κ1) is 32.0. The minimum Gasteiger partial charge on any atom is -0.308 e. The maximum absolute atomic E-state index is 2.47. The van der Waals surface area contributed by atoms with Gasteiger partial charge in [0.1, 0.15) is 0 Å². The molecular weight excluding hydrogens is 703 g/mol. The van der Waals surface area contributed by atoms with E-state index in [0.29, 0.717) is 0 Å². The van der Waals surface area contributed by atoms with Gasteiger partial charge in [0, 0.05) is 46.9 Å². The molecule has 258 valence electrons. The van der Waals surface area contributed by atoms with Gasteiger partial charge in [-0.1, -0.05) is 152 Å². The lowest BCUT2D eigenvalue weighted by molar-refractivity contribution is 1.30. The van der Waals surface area contributed by atoms with E-state index in [9.17, 15) is 0 Å². The van der Waals surface area contributed by atoms with Crippen LogP contribution in [0.3, 0.4) is 0 Å². The van der Waals surface area contributed by atoms with Crippen molar-refractivity contribution in [3.63, 3.8) is 0 Å². The molecule has 11 rings (SSSR count). The summed E-state index contributed by atoms with van der Waals surface area (Å²) in [7, 11) is 0. The zero-order valence-electron chi connectivity index (χ0n) is 29.8. The van der Waals surface area contributed by atoms with E-state index in [1.54, 1.807) is 0 Å². The van der Waals surface area contributed by atoms with Gasteiger partial charge < -0.3 is 4.90 Å². The maximum atomic E-state index is 2.47. The largest absolute Gasteiger partial charge is 0.308 e. The molecule has 0 N–H and O–H groups in total. The summed E-state index contributed by atoms with van der Waals surface area (Å²) < 4.78 is 5.23. The summed E-state index contributed by atoms with van der Waals surface area (Å²) >= 11 is 3.74. The van der Waals surface area contributed by atoms with Crippen LogP contribution in [0.5, 0.6) is 0 Å². The molecule has 1 nitrogen and oxygen atoms in total. The van der Waals surface area contributed by atoms with Crippen molar-refractivity contribution in [2.24, 2.45) is 0 Å². The summed E-state index contributed by atoms with van der Waals surface area (Å²) in [4.78, 5) is 2.47. The van der Waals surface area contributed by atoms with Crippen molar-refractivity contribution in [1.29, 1.82) is 0 Å². The molecule has 2 aromatic heterocycles. The number of hydrogen-bond donors (Lipinski definition) is 0. The topological polar surface area (TPSA) is 3.24 Å². The Kier molecular flexibility index (Phi) is 7.61. The van der Waals surface area contributed by atoms with Gasteiger partial charge in [0.05, 0.1) is 16.1 Å². The zero-order valence-corrected chi connectivity index (χ0v) is 31.4. The average molecular weight is 736 g/mol. The van der Waals surface area contributed by atoms with E-state index in [0.717, 1.165) is 11.4 Å². The third-order valence-corrected chi connectivity index (χ3v) is 13.2. The lowest BCUT2D eigenvalue weighted by atomic mass is 9.94. The van der Waals surface area contributed by atoms with Crippen LogP contribution in [0.2, 0.25) is 0 Å². The van der Waals surface area contributed by atoms with Gasteiger partial charge in [-0.2, -0.15) is 0 Å². The molecule has 0 fully saturated rings. The second-order valence-corrected chi connectivity index (χ2v) is 16.2. The summed E-state index contributed by atoms with van der Waals surface area (Å²) in [5.41, 5.74) is 10.7. The van der Waals surface area contributed by atoms with Gasteiger partial charge in [0.15, 0.2) is 0 Å². The van der Waals surface area contributed by atoms with E-state index in [-0.39, 0.29) is 0 Å². The van der Waals surface area contributed by atoms with Crippen LogP contribution >= 0.6 is 22.7 Å². The monoisotopic (exact) mass is 735 g/mol. The normalized spacial score (nSPS) is 11.6. The first-order valence-electron chi connectivity index (χ1n) is 18.7. The number of thiophene rings is 2. The van der Waals surface area contributed by atoms with Gasteiger partial charge in [-0.3, -0.25) is 0 Å². The van der Waals surface area contributed by atoms with Crippen LogP contribution in [0.4, 0.5) is 17.1 Å². The molecule has 0 atom stereocenters. The van der Waals surface area contributed by atoms with Crippen LogP contribution in [-0.2, 0) is 0 Å². The fraction of sp³-hybridized carbons (Fsp3) is 0. The SMILES string of the molecule is c1cc(-c2ccccc2N(c2ccc(-c3ccc4c(c3)sc3ccccc34)cc2)c2cccc3c2sc2ccccc23)cc(-c2cccc3ccccc23)c1. The predicted octanol–water partition coefficient (Wildman–Crippen LogP) is 16.0. The standard InChI is InChI=1S/C52H33NS2/c1-2-16-40-35(12-1)13-10-20-41(40)37-14-9-15-38(32-37)42-17-3-6-22-47(42)53(48-23-11-21-46-44-19-5-8-25-50(44)55-52(46)48)39-29-26-34(27-30-39)36-28-31-45-43-18-4-7-24-49(43)54-51(45)33-36/h1-33H. The van der Waals surface area contributed by atoms with Crippen LogP contribution < -0.4 is 4.90 Å². The Labute approximate surface area is 327 Å². The number of anilines is 3. The Morgan fingerprint density at radius 3 is 1.73 bits per heavy atom. The van der Waals surface area contributed by atoms with Crippen molar-refractivity contribution >= 4 is 90.9 Å². The van der Waals surface area contributed by atoms with Crippen molar-refractivity contribution in [2.75, 3.05) is 4.90 Å². The summed E-state index contributed by atoms with van der Waals surface area (Å²) in [6.07, 6.45) is 0. The Bertz CT molecular complexity index is 3220.